The summed E-state index contributed by atoms with van der Waals surface area (Å²) >= 11 is 0. The summed E-state index contributed by atoms with van der Waals surface area (Å²) in [5, 5.41) is 7.53. The zero-order chi connectivity index (χ0) is 42.1. The largest absolute Gasteiger partial charge is 0.493 e. The fourth-order valence-corrected chi connectivity index (χ4v) is 10.5. The lowest BCUT2D eigenvalue weighted by Crippen LogP contribution is -2.47. The number of carbonyl (C=O) groups is 2. The summed E-state index contributed by atoms with van der Waals surface area (Å²) in [5.74, 6) is 2.07. The van der Waals surface area contributed by atoms with Crippen LogP contribution in [0.3, 0.4) is 0 Å². The molecule has 320 valence electrons. The van der Waals surface area contributed by atoms with Crippen molar-refractivity contribution in [2.24, 2.45) is 23.7 Å². The molecule has 2 saturated heterocycles. The molecule has 16 nitrogen and oxygen atoms in total. The van der Waals surface area contributed by atoms with Crippen molar-refractivity contribution < 1.29 is 66.4 Å². The third-order valence-corrected chi connectivity index (χ3v) is 13.1. The van der Waals surface area contributed by atoms with Crippen LogP contribution in [-0.2, 0) is 19.1 Å². The number of hydrogen-bond donors (Lipinski definition) is 2. The molecular weight excluding hydrogens is 792 g/mol. The second-order valence-corrected chi connectivity index (χ2v) is 15.7. The summed E-state index contributed by atoms with van der Waals surface area (Å²) < 4.78 is 69.5. The number of nitrogens with one attached hydrogen (secondary N) is 2. The Bertz CT molecular complexity index is 2210. The minimum absolute atomic E-state index is 0.0849. The van der Waals surface area contributed by atoms with Crippen molar-refractivity contribution >= 4 is 11.9 Å². The van der Waals surface area contributed by atoms with Crippen molar-refractivity contribution in [1.29, 1.82) is 0 Å². The molecule has 0 saturated carbocycles. The lowest BCUT2D eigenvalue weighted by atomic mass is 9.65. The van der Waals surface area contributed by atoms with Gasteiger partial charge < -0.3 is 56.8 Å². The van der Waals surface area contributed by atoms with Crippen LogP contribution in [0.4, 0.5) is 0 Å². The SMILES string of the molecule is COc1cc([C@@H]2c3cc4c(cc3[C@@H](NCN[C@@H]3c5cc6c(cc5[C@@H](c5cc(OC)c(OC)c(OC)c5)[C@H]5C(=O)OC[C@@H]53)OCO6)[C@H]3COC(=O)[C@H]23)OCO4)cc(OC)c1OC. The van der Waals surface area contributed by atoms with Crippen LogP contribution in [0, 0.1) is 23.7 Å². The molecule has 6 aliphatic rings. The first kappa shape index (κ1) is 38.9. The van der Waals surface area contributed by atoms with E-state index < -0.39 is 23.7 Å². The molecule has 4 aromatic rings. The number of cyclic esters (lactones) is 2. The molecule has 0 unspecified atom stereocenters. The van der Waals surface area contributed by atoms with Gasteiger partial charge in [-0.05, 0) is 81.9 Å². The molecule has 0 amide bonds. The molecule has 16 heteroatoms. The van der Waals surface area contributed by atoms with E-state index >= 15 is 0 Å². The molecule has 2 aliphatic carbocycles. The van der Waals surface area contributed by atoms with Crippen molar-refractivity contribution in [2.45, 2.75) is 23.9 Å². The maximum Gasteiger partial charge on any atom is 0.310 e. The highest BCUT2D eigenvalue weighted by Crippen LogP contribution is 2.58. The number of methoxy groups -OCH3 is 6. The van der Waals surface area contributed by atoms with Crippen LogP contribution >= 0.6 is 0 Å². The summed E-state index contributed by atoms with van der Waals surface area (Å²) in [6, 6.07) is 14.8. The highest BCUT2D eigenvalue weighted by atomic mass is 16.7. The van der Waals surface area contributed by atoms with E-state index in [1.807, 2.05) is 48.5 Å². The molecule has 2 fully saturated rings. The van der Waals surface area contributed by atoms with Gasteiger partial charge in [0.25, 0.3) is 0 Å². The van der Waals surface area contributed by atoms with Gasteiger partial charge in [-0.2, -0.15) is 0 Å². The van der Waals surface area contributed by atoms with Crippen LogP contribution < -0.4 is 58.0 Å². The summed E-state index contributed by atoms with van der Waals surface area (Å²) in [5.41, 5.74) is 5.25. The third kappa shape index (κ3) is 6.09. The Balaban J connectivity index is 1.03. The van der Waals surface area contributed by atoms with Crippen LogP contribution in [0.25, 0.3) is 0 Å². The molecule has 4 aromatic carbocycles. The number of esters is 2. The first-order valence-electron chi connectivity index (χ1n) is 20.1. The van der Waals surface area contributed by atoms with E-state index in [9.17, 15) is 9.59 Å². The van der Waals surface area contributed by atoms with Gasteiger partial charge in [-0.1, -0.05) is 0 Å². The van der Waals surface area contributed by atoms with E-state index in [4.69, 9.17) is 56.8 Å². The molecule has 4 aliphatic heterocycles. The van der Waals surface area contributed by atoms with Gasteiger partial charge in [0.05, 0.1) is 67.7 Å². The Hall–Kier alpha value is -6.26. The van der Waals surface area contributed by atoms with Gasteiger partial charge in [-0.15, -0.1) is 0 Å². The number of benzene rings is 4. The summed E-state index contributed by atoms with van der Waals surface area (Å²) in [7, 11) is 9.37. The van der Waals surface area contributed by atoms with Gasteiger partial charge in [-0.3, -0.25) is 20.2 Å². The highest BCUT2D eigenvalue weighted by Gasteiger charge is 2.55. The average molecular weight is 839 g/mol. The maximum absolute atomic E-state index is 13.9. The minimum atomic E-state index is -0.562. The number of hydrogen-bond acceptors (Lipinski definition) is 16. The van der Waals surface area contributed by atoms with Crippen molar-refractivity contribution in [3.8, 4) is 57.5 Å². The quantitative estimate of drug-likeness (QED) is 0.145. The average Bonchev–Trinajstić information content (AvgIpc) is 4.11. The molecule has 0 bridgehead atoms. The van der Waals surface area contributed by atoms with E-state index in [1.54, 1.807) is 42.7 Å². The number of fused-ring (bicyclic) bond motifs is 6. The first-order chi connectivity index (χ1) is 29.8. The Morgan fingerprint density at radius 2 is 0.820 bits per heavy atom. The van der Waals surface area contributed by atoms with E-state index in [2.05, 4.69) is 10.6 Å². The van der Waals surface area contributed by atoms with Crippen molar-refractivity contribution in [3.05, 3.63) is 81.9 Å². The van der Waals surface area contributed by atoms with E-state index in [0.29, 0.717) is 57.5 Å². The van der Waals surface area contributed by atoms with Gasteiger partial charge >= 0.3 is 11.9 Å². The fourth-order valence-electron chi connectivity index (χ4n) is 10.5. The maximum atomic E-state index is 13.9. The van der Waals surface area contributed by atoms with Crippen LogP contribution in [0.1, 0.15) is 57.3 Å². The van der Waals surface area contributed by atoms with E-state index in [1.165, 1.54) is 0 Å². The number of carbonyl (C=O) groups excluding carboxylic acids is 2. The lowest BCUT2D eigenvalue weighted by molar-refractivity contribution is -0.142. The molecule has 0 spiro atoms. The fraction of sp³-hybridized carbons (Fsp3) is 0.422. The van der Waals surface area contributed by atoms with Gasteiger partial charge in [0.1, 0.15) is 0 Å². The molecule has 2 N–H and O–H groups in total. The van der Waals surface area contributed by atoms with Gasteiger partial charge in [-0.25, -0.2) is 0 Å². The Morgan fingerprint density at radius 1 is 0.475 bits per heavy atom. The molecule has 4 heterocycles. The smallest absolute Gasteiger partial charge is 0.310 e. The zero-order valence-corrected chi connectivity index (χ0v) is 34.5. The second-order valence-electron chi connectivity index (χ2n) is 15.7. The third-order valence-electron chi connectivity index (χ3n) is 13.1. The molecular formula is C45H46N2O14. The van der Waals surface area contributed by atoms with Gasteiger partial charge in [0, 0.05) is 42.4 Å². The Labute approximate surface area is 351 Å². The molecule has 10 rings (SSSR count). The zero-order valence-electron chi connectivity index (χ0n) is 34.5. The van der Waals surface area contributed by atoms with E-state index in [-0.39, 0.29) is 69.3 Å². The molecule has 0 aromatic heterocycles. The predicted octanol–water partition coefficient (Wildman–Crippen LogP) is 4.98. The number of ether oxygens (including phenoxy) is 12. The lowest BCUT2D eigenvalue weighted by Gasteiger charge is -2.41. The van der Waals surface area contributed by atoms with Gasteiger partial charge in [0.15, 0.2) is 46.0 Å². The number of rotatable bonds is 12. The van der Waals surface area contributed by atoms with Crippen LogP contribution in [0.15, 0.2) is 48.5 Å². The molecule has 8 atom stereocenters. The first-order valence-corrected chi connectivity index (χ1v) is 20.1. The predicted molar refractivity (Wildman–Crippen MR) is 214 cm³/mol. The Kier molecular flexibility index (Phi) is 9.78. The highest BCUT2D eigenvalue weighted by molar-refractivity contribution is 5.80. The standard InChI is InChI=1S/C45H46N2O14/c1-50-32-7-20(8-33(51-2)42(32)54-5)36-22-11-28-30(60-18-58-28)13-24(22)40(26-15-56-44(48)38(26)36)46-17-47-41-25-14-31-29(59-19-61-31)12-23(25)37(39-27(41)16-57-45(39)49)21-9-34(52-3)43(55-6)35(10-21)53-4/h7-14,26-27,36-41,46-47H,15-19H2,1-6H3/t26-,27-,36+,37+,38-,39-,40+,41+/m0/s1. The van der Waals surface area contributed by atoms with Gasteiger partial charge in [0.2, 0.25) is 25.1 Å². The van der Waals surface area contributed by atoms with Crippen LogP contribution in [0.2, 0.25) is 0 Å². The van der Waals surface area contributed by atoms with Crippen molar-refractivity contribution in [1.82, 2.24) is 10.6 Å². The topological polar surface area (TPSA) is 169 Å². The molecule has 0 radical (unpaired) electrons. The second kappa shape index (κ2) is 15.3. The monoisotopic (exact) mass is 838 g/mol. The van der Waals surface area contributed by atoms with E-state index in [0.717, 1.165) is 33.4 Å². The minimum Gasteiger partial charge on any atom is -0.493 e. The van der Waals surface area contributed by atoms with Crippen LogP contribution in [-0.4, -0.2) is 88.1 Å². The molecule has 61 heavy (non-hydrogen) atoms. The summed E-state index contributed by atoms with van der Waals surface area (Å²) in [4.78, 5) is 27.8. The summed E-state index contributed by atoms with van der Waals surface area (Å²) in [6.45, 7) is 0.864. The van der Waals surface area contributed by atoms with Crippen molar-refractivity contribution in [3.63, 3.8) is 0 Å². The van der Waals surface area contributed by atoms with Crippen molar-refractivity contribution in [2.75, 3.05) is 76.1 Å². The van der Waals surface area contributed by atoms with Crippen LogP contribution in [0.5, 0.6) is 57.5 Å². The normalized spacial score (nSPS) is 26.0. The summed E-state index contributed by atoms with van der Waals surface area (Å²) in [6.07, 6.45) is 0. The Morgan fingerprint density at radius 3 is 1.15 bits per heavy atom.